The molecule has 0 fully saturated rings. The number of hydrogen-bond donors (Lipinski definition) is 2. The summed E-state index contributed by atoms with van der Waals surface area (Å²) in [5.74, 6) is 1.26. The first-order valence-corrected chi connectivity index (χ1v) is 7.69. The highest BCUT2D eigenvalue weighted by atomic mass is 16.5. The number of rotatable bonds is 7. The predicted molar refractivity (Wildman–Crippen MR) is 90.4 cm³/mol. The van der Waals surface area contributed by atoms with E-state index in [2.05, 4.69) is 24.4 Å². The number of nitrogens with one attached hydrogen (secondary N) is 1. The maximum Gasteiger partial charge on any atom is 0.118 e. The molecule has 2 aromatic carbocycles. The van der Waals surface area contributed by atoms with Gasteiger partial charge in [-0.1, -0.05) is 48.9 Å². The number of aliphatic hydroxyl groups is 1. The van der Waals surface area contributed by atoms with Crippen molar-refractivity contribution in [3.63, 3.8) is 0 Å². The van der Waals surface area contributed by atoms with E-state index < -0.39 is 6.10 Å². The number of benzene rings is 2. The summed E-state index contributed by atoms with van der Waals surface area (Å²) in [6.07, 6.45) is -0.469. The molecule has 118 valence electrons. The highest BCUT2D eigenvalue weighted by molar-refractivity contribution is 5.29. The second kappa shape index (κ2) is 7.97. The van der Waals surface area contributed by atoms with Crippen LogP contribution in [-0.4, -0.2) is 25.3 Å². The van der Waals surface area contributed by atoms with Gasteiger partial charge in [-0.15, -0.1) is 0 Å². The topological polar surface area (TPSA) is 41.5 Å². The second-order valence-corrected chi connectivity index (χ2v) is 5.76. The fourth-order valence-corrected chi connectivity index (χ4v) is 2.39. The Morgan fingerprint density at radius 3 is 2.14 bits per heavy atom. The minimum atomic E-state index is -0.469. The maximum atomic E-state index is 10.2. The van der Waals surface area contributed by atoms with Crippen molar-refractivity contribution in [2.45, 2.75) is 25.9 Å². The van der Waals surface area contributed by atoms with Crippen molar-refractivity contribution >= 4 is 0 Å². The van der Waals surface area contributed by atoms with Crippen LogP contribution in [0.5, 0.6) is 5.75 Å². The number of methoxy groups -OCH3 is 1. The van der Waals surface area contributed by atoms with E-state index in [4.69, 9.17) is 4.74 Å². The second-order valence-electron chi connectivity index (χ2n) is 5.76. The first kappa shape index (κ1) is 16.5. The number of aryl methyl sites for hydroxylation is 1. The summed E-state index contributed by atoms with van der Waals surface area (Å²) < 4.78 is 5.17. The van der Waals surface area contributed by atoms with E-state index in [1.807, 2.05) is 43.3 Å². The zero-order valence-electron chi connectivity index (χ0n) is 13.5. The molecule has 2 N–H and O–H groups in total. The van der Waals surface area contributed by atoms with Crippen LogP contribution in [0.25, 0.3) is 0 Å². The highest BCUT2D eigenvalue weighted by Gasteiger charge is 2.09. The largest absolute Gasteiger partial charge is 0.497 e. The van der Waals surface area contributed by atoms with Gasteiger partial charge in [-0.2, -0.15) is 0 Å². The van der Waals surface area contributed by atoms with Crippen LogP contribution in [0.3, 0.4) is 0 Å². The van der Waals surface area contributed by atoms with E-state index in [1.54, 1.807) is 7.11 Å². The van der Waals surface area contributed by atoms with Crippen molar-refractivity contribution in [1.82, 2.24) is 5.32 Å². The Hall–Kier alpha value is -1.84. The van der Waals surface area contributed by atoms with Crippen LogP contribution in [0, 0.1) is 6.92 Å². The molecule has 2 atom stereocenters. The minimum absolute atomic E-state index is 0.385. The van der Waals surface area contributed by atoms with Crippen LogP contribution >= 0.6 is 0 Å². The molecule has 0 saturated heterocycles. The summed E-state index contributed by atoms with van der Waals surface area (Å²) in [6.45, 7) is 5.61. The van der Waals surface area contributed by atoms with Crippen molar-refractivity contribution in [2.24, 2.45) is 0 Å². The van der Waals surface area contributed by atoms with Gasteiger partial charge in [0.15, 0.2) is 0 Å². The third kappa shape index (κ3) is 4.58. The van der Waals surface area contributed by atoms with Gasteiger partial charge in [-0.05, 0) is 36.1 Å². The molecule has 2 rings (SSSR count). The van der Waals surface area contributed by atoms with Crippen molar-refractivity contribution in [3.05, 3.63) is 65.2 Å². The molecular formula is C19H25NO2. The Labute approximate surface area is 133 Å². The first-order chi connectivity index (χ1) is 10.6. The lowest BCUT2D eigenvalue weighted by Crippen LogP contribution is -2.25. The van der Waals surface area contributed by atoms with E-state index in [0.29, 0.717) is 12.5 Å². The summed E-state index contributed by atoms with van der Waals surface area (Å²) in [4.78, 5) is 0. The molecule has 0 aliphatic carbocycles. The fraction of sp³-hybridized carbons (Fsp3) is 0.368. The number of aliphatic hydroxyl groups excluding tert-OH is 1. The molecule has 0 aromatic heterocycles. The summed E-state index contributed by atoms with van der Waals surface area (Å²) >= 11 is 0. The molecule has 0 saturated carbocycles. The number of ether oxygens (including phenoxy) is 1. The molecule has 0 aliphatic rings. The molecule has 0 radical (unpaired) electrons. The Morgan fingerprint density at radius 1 is 0.955 bits per heavy atom. The van der Waals surface area contributed by atoms with E-state index in [1.165, 1.54) is 11.1 Å². The maximum absolute atomic E-state index is 10.2. The third-order valence-corrected chi connectivity index (χ3v) is 3.94. The average molecular weight is 299 g/mol. The van der Waals surface area contributed by atoms with E-state index in [-0.39, 0.29) is 0 Å². The van der Waals surface area contributed by atoms with Crippen molar-refractivity contribution in [3.8, 4) is 5.75 Å². The Bertz CT molecular complexity index is 563. The molecule has 0 heterocycles. The standard InChI is InChI=1S/C19H25NO2/c1-14-4-6-17(7-5-14)19(21)13-20-12-15(2)16-8-10-18(22-3)11-9-16/h4-11,15,19-21H,12-13H2,1-3H3. The van der Waals surface area contributed by atoms with Crippen LogP contribution in [0.2, 0.25) is 0 Å². The van der Waals surface area contributed by atoms with Crippen LogP contribution in [-0.2, 0) is 0 Å². The molecular weight excluding hydrogens is 274 g/mol. The zero-order valence-corrected chi connectivity index (χ0v) is 13.5. The van der Waals surface area contributed by atoms with E-state index in [9.17, 15) is 5.11 Å². The Kier molecular flexibility index (Phi) is 5.99. The SMILES string of the molecule is COc1ccc(C(C)CNCC(O)c2ccc(C)cc2)cc1. The highest BCUT2D eigenvalue weighted by Crippen LogP contribution is 2.19. The van der Waals surface area contributed by atoms with Gasteiger partial charge in [0.05, 0.1) is 13.2 Å². The van der Waals surface area contributed by atoms with Crippen molar-refractivity contribution in [2.75, 3.05) is 20.2 Å². The summed E-state index contributed by atoms with van der Waals surface area (Å²) in [5.41, 5.74) is 3.42. The van der Waals surface area contributed by atoms with Gasteiger partial charge in [-0.3, -0.25) is 0 Å². The lowest BCUT2D eigenvalue weighted by molar-refractivity contribution is 0.174. The predicted octanol–water partition coefficient (Wildman–Crippen LogP) is 3.43. The van der Waals surface area contributed by atoms with Crippen LogP contribution < -0.4 is 10.1 Å². The molecule has 0 aliphatic heterocycles. The van der Waals surface area contributed by atoms with Gasteiger partial charge in [0, 0.05) is 13.1 Å². The summed E-state index contributed by atoms with van der Waals surface area (Å²) in [7, 11) is 1.67. The molecule has 3 nitrogen and oxygen atoms in total. The monoisotopic (exact) mass is 299 g/mol. The smallest absolute Gasteiger partial charge is 0.118 e. The van der Waals surface area contributed by atoms with E-state index in [0.717, 1.165) is 17.9 Å². The van der Waals surface area contributed by atoms with Gasteiger partial charge in [-0.25, -0.2) is 0 Å². The quantitative estimate of drug-likeness (QED) is 0.823. The molecule has 0 bridgehead atoms. The van der Waals surface area contributed by atoms with Gasteiger partial charge in [0.1, 0.15) is 5.75 Å². The average Bonchev–Trinajstić information content (AvgIpc) is 2.55. The molecule has 3 heteroatoms. The fourth-order valence-electron chi connectivity index (χ4n) is 2.39. The Morgan fingerprint density at radius 2 is 1.55 bits per heavy atom. The normalized spacial score (nSPS) is 13.6. The first-order valence-electron chi connectivity index (χ1n) is 7.69. The molecule has 2 aromatic rings. The third-order valence-electron chi connectivity index (χ3n) is 3.94. The van der Waals surface area contributed by atoms with Gasteiger partial charge >= 0.3 is 0 Å². The lowest BCUT2D eigenvalue weighted by Gasteiger charge is -2.16. The Balaban J connectivity index is 1.80. The lowest BCUT2D eigenvalue weighted by atomic mass is 10.0. The van der Waals surface area contributed by atoms with Crippen LogP contribution in [0.15, 0.2) is 48.5 Å². The summed E-state index contributed by atoms with van der Waals surface area (Å²) in [6, 6.07) is 16.1. The molecule has 22 heavy (non-hydrogen) atoms. The van der Waals surface area contributed by atoms with Gasteiger partial charge < -0.3 is 15.2 Å². The molecule has 2 unspecified atom stereocenters. The number of hydrogen-bond acceptors (Lipinski definition) is 3. The van der Waals surface area contributed by atoms with Crippen LogP contribution in [0.4, 0.5) is 0 Å². The van der Waals surface area contributed by atoms with Crippen molar-refractivity contribution < 1.29 is 9.84 Å². The van der Waals surface area contributed by atoms with E-state index >= 15 is 0 Å². The van der Waals surface area contributed by atoms with Gasteiger partial charge in [0.2, 0.25) is 0 Å². The van der Waals surface area contributed by atoms with Crippen LogP contribution in [0.1, 0.15) is 35.6 Å². The molecule has 0 spiro atoms. The minimum Gasteiger partial charge on any atom is -0.497 e. The molecule has 0 amide bonds. The van der Waals surface area contributed by atoms with Crippen molar-refractivity contribution in [1.29, 1.82) is 0 Å². The van der Waals surface area contributed by atoms with Gasteiger partial charge in [0.25, 0.3) is 0 Å². The summed E-state index contributed by atoms with van der Waals surface area (Å²) in [5, 5.41) is 13.5. The zero-order chi connectivity index (χ0) is 15.9.